The molecule has 9 heteroatoms. The summed E-state index contributed by atoms with van der Waals surface area (Å²) in [6.45, 7) is 7.93. The Labute approximate surface area is 176 Å². The number of aromatic nitrogens is 2. The van der Waals surface area contributed by atoms with Gasteiger partial charge in [-0.3, -0.25) is 15.3 Å². The lowest BCUT2D eigenvalue weighted by Gasteiger charge is -2.27. The normalized spacial score (nSPS) is 18.5. The number of urea groups is 1. The Bertz CT molecular complexity index is 916. The van der Waals surface area contributed by atoms with Gasteiger partial charge in [0.25, 0.3) is 0 Å². The van der Waals surface area contributed by atoms with Crippen LogP contribution in [0.4, 0.5) is 16.3 Å². The summed E-state index contributed by atoms with van der Waals surface area (Å²) in [6, 6.07) is 7.95. The summed E-state index contributed by atoms with van der Waals surface area (Å²) >= 11 is 0. The van der Waals surface area contributed by atoms with Crippen molar-refractivity contribution >= 4 is 23.4 Å². The molecule has 1 fully saturated rings. The first-order chi connectivity index (χ1) is 14.4. The SMILES string of the molecule is CC(=O)Nc1n[nH]c2c1C(c1ccc(N3CCCC3)cc1)N(NC(=O)NC(C)C)C2. The van der Waals surface area contributed by atoms with Gasteiger partial charge in [0, 0.05) is 37.3 Å². The van der Waals surface area contributed by atoms with Crippen molar-refractivity contribution in [1.82, 2.24) is 25.9 Å². The van der Waals surface area contributed by atoms with Crippen LogP contribution in [0.5, 0.6) is 0 Å². The maximum atomic E-state index is 12.4. The number of hydrazine groups is 1. The molecule has 1 aromatic carbocycles. The van der Waals surface area contributed by atoms with Crippen LogP contribution < -0.4 is 21.0 Å². The summed E-state index contributed by atoms with van der Waals surface area (Å²) in [6.07, 6.45) is 2.46. The monoisotopic (exact) mass is 411 g/mol. The fourth-order valence-electron chi connectivity index (χ4n) is 4.20. The molecule has 0 spiro atoms. The van der Waals surface area contributed by atoms with Crippen LogP contribution in [0.15, 0.2) is 24.3 Å². The number of aromatic amines is 1. The Kier molecular flexibility index (Phi) is 5.63. The highest BCUT2D eigenvalue weighted by Crippen LogP contribution is 2.41. The standard InChI is InChI=1S/C21H29N7O2/c1-13(2)22-21(30)26-28-12-17-18(20(25-24-17)23-14(3)29)19(28)15-6-8-16(9-7-15)27-10-4-5-11-27/h6-9,13,19H,4-5,10-12H2,1-3H3,(H2,22,26,30)(H2,23,24,25,29). The van der Waals surface area contributed by atoms with E-state index in [2.05, 4.69) is 55.4 Å². The molecule has 1 atom stereocenters. The number of fused-ring (bicyclic) bond motifs is 1. The van der Waals surface area contributed by atoms with Crippen LogP contribution in [0.25, 0.3) is 0 Å². The van der Waals surface area contributed by atoms with Crippen LogP contribution in [0.3, 0.4) is 0 Å². The Balaban J connectivity index is 1.64. The van der Waals surface area contributed by atoms with Gasteiger partial charge in [-0.05, 0) is 44.4 Å². The highest BCUT2D eigenvalue weighted by molar-refractivity contribution is 5.89. The molecule has 3 amide bonds. The number of rotatable bonds is 5. The number of anilines is 2. The predicted octanol–water partition coefficient (Wildman–Crippen LogP) is 2.50. The van der Waals surface area contributed by atoms with Gasteiger partial charge in [0.1, 0.15) is 0 Å². The smallest absolute Gasteiger partial charge is 0.329 e. The van der Waals surface area contributed by atoms with Crippen molar-refractivity contribution < 1.29 is 9.59 Å². The van der Waals surface area contributed by atoms with Crippen molar-refractivity contribution in [2.45, 2.75) is 52.2 Å². The van der Waals surface area contributed by atoms with E-state index in [1.54, 1.807) is 0 Å². The number of H-pyrrole nitrogens is 1. The molecule has 4 rings (SSSR count). The molecule has 1 saturated heterocycles. The van der Waals surface area contributed by atoms with Crippen molar-refractivity contribution in [2.24, 2.45) is 0 Å². The molecular weight excluding hydrogens is 382 g/mol. The predicted molar refractivity (Wildman–Crippen MR) is 115 cm³/mol. The number of carbonyl (C=O) groups excluding carboxylic acids is 2. The van der Waals surface area contributed by atoms with E-state index in [1.807, 2.05) is 18.9 Å². The Morgan fingerprint density at radius 2 is 1.87 bits per heavy atom. The molecule has 1 aromatic heterocycles. The van der Waals surface area contributed by atoms with E-state index in [-0.39, 0.29) is 24.0 Å². The van der Waals surface area contributed by atoms with Crippen molar-refractivity contribution in [2.75, 3.05) is 23.3 Å². The molecule has 160 valence electrons. The summed E-state index contributed by atoms with van der Waals surface area (Å²) in [5, 5.41) is 14.8. The number of carbonyl (C=O) groups is 2. The topological polar surface area (TPSA) is 105 Å². The minimum atomic E-state index is -0.261. The van der Waals surface area contributed by atoms with Gasteiger partial charge in [-0.15, -0.1) is 0 Å². The Morgan fingerprint density at radius 3 is 2.50 bits per heavy atom. The molecular formula is C21H29N7O2. The molecule has 30 heavy (non-hydrogen) atoms. The summed E-state index contributed by atoms with van der Waals surface area (Å²) in [5.41, 5.74) is 6.94. The van der Waals surface area contributed by atoms with Crippen molar-refractivity contribution in [3.05, 3.63) is 41.1 Å². The minimum absolute atomic E-state index is 0.0280. The first-order valence-electron chi connectivity index (χ1n) is 10.5. The largest absolute Gasteiger partial charge is 0.372 e. The lowest BCUT2D eigenvalue weighted by molar-refractivity contribution is -0.114. The molecule has 9 nitrogen and oxygen atoms in total. The molecule has 2 aromatic rings. The van der Waals surface area contributed by atoms with Gasteiger partial charge in [-0.25, -0.2) is 9.80 Å². The van der Waals surface area contributed by atoms with Crippen LogP contribution in [0.1, 0.15) is 56.5 Å². The van der Waals surface area contributed by atoms with Gasteiger partial charge in [0.05, 0.1) is 18.3 Å². The zero-order chi connectivity index (χ0) is 21.3. The fourth-order valence-corrected chi connectivity index (χ4v) is 4.20. The van der Waals surface area contributed by atoms with Crippen molar-refractivity contribution in [1.29, 1.82) is 0 Å². The third kappa shape index (κ3) is 4.11. The number of amides is 3. The van der Waals surface area contributed by atoms with Crippen LogP contribution >= 0.6 is 0 Å². The van der Waals surface area contributed by atoms with E-state index in [4.69, 9.17) is 0 Å². The molecule has 0 saturated carbocycles. The lowest BCUT2D eigenvalue weighted by Crippen LogP contribution is -2.48. The number of hydrogen-bond acceptors (Lipinski definition) is 5. The average molecular weight is 412 g/mol. The second-order valence-electron chi connectivity index (χ2n) is 8.20. The second kappa shape index (κ2) is 8.35. The molecule has 2 aliphatic rings. The molecule has 0 bridgehead atoms. The maximum Gasteiger partial charge on any atom is 0.329 e. The fraction of sp³-hybridized carbons (Fsp3) is 0.476. The van der Waals surface area contributed by atoms with Crippen LogP contribution in [-0.2, 0) is 11.3 Å². The summed E-state index contributed by atoms with van der Waals surface area (Å²) in [7, 11) is 0. The highest BCUT2D eigenvalue weighted by atomic mass is 16.2. The van der Waals surface area contributed by atoms with Crippen molar-refractivity contribution in [3.63, 3.8) is 0 Å². The zero-order valence-corrected chi connectivity index (χ0v) is 17.7. The third-order valence-electron chi connectivity index (χ3n) is 5.44. The number of nitrogens with zero attached hydrogens (tertiary/aromatic N) is 3. The van der Waals surface area contributed by atoms with E-state index in [9.17, 15) is 9.59 Å². The first kappa shape index (κ1) is 20.2. The van der Waals surface area contributed by atoms with E-state index in [0.29, 0.717) is 12.4 Å². The highest BCUT2D eigenvalue weighted by Gasteiger charge is 2.37. The number of hydrogen-bond donors (Lipinski definition) is 4. The first-order valence-corrected chi connectivity index (χ1v) is 10.5. The Hall–Kier alpha value is -3.07. The van der Waals surface area contributed by atoms with E-state index in [1.165, 1.54) is 25.5 Å². The van der Waals surface area contributed by atoms with Crippen LogP contribution in [0.2, 0.25) is 0 Å². The third-order valence-corrected chi connectivity index (χ3v) is 5.44. The van der Waals surface area contributed by atoms with Gasteiger partial charge in [-0.2, -0.15) is 5.10 Å². The molecule has 0 radical (unpaired) electrons. The number of nitrogens with one attached hydrogen (secondary N) is 4. The van der Waals surface area contributed by atoms with Gasteiger partial charge in [0.2, 0.25) is 5.91 Å². The molecule has 4 N–H and O–H groups in total. The average Bonchev–Trinajstić information content (AvgIpc) is 3.39. The molecule has 3 heterocycles. The lowest BCUT2D eigenvalue weighted by atomic mass is 10.0. The van der Waals surface area contributed by atoms with Crippen LogP contribution in [-0.4, -0.2) is 46.3 Å². The second-order valence-corrected chi connectivity index (χ2v) is 8.20. The zero-order valence-electron chi connectivity index (χ0n) is 17.7. The maximum absolute atomic E-state index is 12.4. The van der Waals surface area contributed by atoms with E-state index < -0.39 is 0 Å². The van der Waals surface area contributed by atoms with Crippen LogP contribution in [0, 0.1) is 0 Å². The van der Waals surface area contributed by atoms with E-state index in [0.717, 1.165) is 29.9 Å². The number of benzene rings is 1. The molecule has 1 unspecified atom stereocenters. The van der Waals surface area contributed by atoms with Gasteiger partial charge in [-0.1, -0.05) is 12.1 Å². The van der Waals surface area contributed by atoms with Gasteiger partial charge < -0.3 is 15.5 Å². The minimum Gasteiger partial charge on any atom is -0.372 e. The molecule has 0 aliphatic carbocycles. The van der Waals surface area contributed by atoms with Gasteiger partial charge in [0.15, 0.2) is 5.82 Å². The Morgan fingerprint density at radius 1 is 1.17 bits per heavy atom. The van der Waals surface area contributed by atoms with Gasteiger partial charge >= 0.3 is 6.03 Å². The summed E-state index contributed by atoms with van der Waals surface area (Å²) < 4.78 is 0. The summed E-state index contributed by atoms with van der Waals surface area (Å²) in [4.78, 5) is 26.4. The van der Waals surface area contributed by atoms with Crippen molar-refractivity contribution in [3.8, 4) is 0 Å². The summed E-state index contributed by atoms with van der Waals surface area (Å²) in [5.74, 6) is 0.316. The van der Waals surface area contributed by atoms with E-state index >= 15 is 0 Å². The quantitative estimate of drug-likeness (QED) is 0.605. The molecule has 2 aliphatic heterocycles.